The molecule has 1 aromatic carbocycles. The van der Waals surface area contributed by atoms with Crippen LogP contribution in [0.4, 0.5) is 8.78 Å². The fraction of sp³-hybridized carbons (Fsp3) is 0.273. The second-order valence-electron chi connectivity index (χ2n) is 3.51. The molecule has 1 aliphatic rings. The zero-order valence-corrected chi connectivity index (χ0v) is 8.54. The van der Waals surface area contributed by atoms with E-state index in [1.54, 1.807) is 6.54 Å². The lowest BCUT2D eigenvalue weighted by Crippen LogP contribution is -2.43. The number of hydrogen-bond acceptors (Lipinski definition) is 2. The highest BCUT2D eigenvalue weighted by molar-refractivity contribution is 5.95. The molecule has 1 aromatic rings. The molecule has 0 aliphatic carbocycles. The van der Waals surface area contributed by atoms with Crippen LogP contribution in [-0.4, -0.2) is 30.4 Å². The van der Waals surface area contributed by atoms with Crippen LogP contribution in [0.15, 0.2) is 18.2 Å². The van der Waals surface area contributed by atoms with Crippen molar-refractivity contribution in [3.05, 3.63) is 41.9 Å². The standard InChI is InChI=1S/C11H11F2N2O/c12-8-1-2-9(10(13)7-8)11(16)15-5-3-14-4-6-15/h1-2,5,7,14H,3-4,6H2. The third kappa shape index (κ3) is 2.19. The third-order valence-electron chi connectivity index (χ3n) is 2.41. The van der Waals surface area contributed by atoms with Gasteiger partial charge in [-0.25, -0.2) is 8.78 Å². The summed E-state index contributed by atoms with van der Waals surface area (Å²) in [6, 6.07) is 2.97. The molecule has 1 N–H and O–H groups in total. The van der Waals surface area contributed by atoms with Gasteiger partial charge in [-0.05, 0) is 12.1 Å². The number of benzene rings is 1. The number of nitrogens with one attached hydrogen (secondary N) is 1. The number of hydrogen-bond donors (Lipinski definition) is 1. The van der Waals surface area contributed by atoms with Crippen molar-refractivity contribution in [2.75, 3.05) is 19.6 Å². The minimum atomic E-state index is -0.822. The van der Waals surface area contributed by atoms with E-state index in [4.69, 9.17) is 0 Å². The van der Waals surface area contributed by atoms with Crippen LogP contribution in [0.3, 0.4) is 0 Å². The lowest BCUT2D eigenvalue weighted by atomic mass is 10.1. The van der Waals surface area contributed by atoms with Crippen LogP contribution in [0, 0.1) is 18.2 Å². The van der Waals surface area contributed by atoms with Gasteiger partial charge < -0.3 is 10.2 Å². The number of rotatable bonds is 1. The Morgan fingerprint density at radius 3 is 2.81 bits per heavy atom. The molecular formula is C11H11F2N2O. The van der Waals surface area contributed by atoms with Crippen LogP contribution in [0.25, 0.3) is 0 Å². The smallest absolute Gasteiger partial charge is 0.257 e. The maximum atomic E-state index is 13.3. The quantitative estimate of drug-likeness (QED) is 0.778. The van der Waals surface area contributed by atoms with E-state index in [0.717, 1.165) is 12.1 Å². The summed E-state index contributed by atoms with van der Waals surface area (Å²) in [5.74, 6) is -1.94. The monoisotopic (exact) mass is 225 g/mol. The maximum Gasteiger partial charge on any atom is 0.257 e. The van der Waals surface area contributed by atoms with Crippen molar-refractivity contribution in [2.24, 2.45) is 0 Å². The second-order valence-corrected chi connectivity index (χ2v) is 3.51. The van der Waals surface area contributed by atoms with E-state index in [0.29, 0.717) is 19.6 Å². The molecule has 85 valence electrons. The number of piperazine rings is 1. The van der Waals surface area contributed by atoms with Crippen molar-refractivity contribution in [1.82, 2.24) is 10.2 Å². The first-order chi connectivity index (χ1) is 7.68. The molecule has 0 saturated carbocycles. The van der Waals surface area contributed by atoms with Gasteiger partial charge in [0.1, 0.15) is 11.6 Å². The maximum absolute atomic E-state index is 13.3. The molecule has 0 atom stereocenters. The lowest BCUT2D eigenvalue weighted by molar-refractivity contribution is 0.0777. The Morgan fingerprint density at radius 2 is 2.19 bits per heavy atom. The highest BCUT2D eigenvalue weighted by Crippen LogP contribution is 2.13. The zero-order chi connectivity index (χ0) is 11.5. The van der Waals surface area contributed by atoms with E-state index in [9.17, 15) is 13.6 Å². The van der Waals surface area contributed by atoms with E-state index in [1.165, 1.54) is 11.0 Å². The summed E-state index contributed by atoms with van der Waals surface area (Å²) in [4.78, 5) is 13.3. The van der Waals surface area contributed by atoms with E-state index in [1.807, 2.05) is 0 Å². The molecule has 1 radical (unpaired) electrons. The number of halogens is 2. The second kappa shape index (κ2) is 4.57. The Bertz CT molecular complexity index is 403. The predicted octanol–water partition coefficient (Wildman–Crippen LogP) is 1.17. The predicted molar refractivity (Wildman–Crippen MR) is 54.6 cm³/mol. The van der Waals surface area contributed by atoms with Gasteiger partial charge in [0, 0.05) is 25.7 Å². The molecule has 5 heteroatoms. The number of carbonyl (C=O) groups excluding carboxylic acids is 1. The average molecular weight is 225 g/mol. The van der Waals surface area contributed by atoms with Crippen LogP contribution in [0.1, 0.15) is 10.4 Å². The van der Waals surface area contributed by atoms with Gasteiger partial charge in [-0.1, -0.05) is 0 Å². The summed E-state index contributed by atoms with van der Waals surface area (Å²) >= 11 is 0. The summed E-state index contributed by atoms with van der Waals surface area (Å²) in [6.45, 7) is 3.41. The molecule has 1 aliphatic heterocycles. The SMILES string of the molecule is O=C(c1ccc(F)cc1F)N1[CH]CNCC1. The van der Waals surface area contributed by atoms with E-state index in [2.05, 4.69) is 5.32 Å². The van der Waals surface area contributed by atoms with Crippen molar-refractivity contribution in [3.8, 4) is 0 Å². The van der Waals surface area contributed by atoms with Crippen LogP contribution < -0.4 is 5.32 Å². The average Bonchev–Trinajstić information content (AvgIpc) is 2.29. The van der Waals surface area contributed by atoms with Gasteiger partial charge in [0.25, 0.3) is 5.91 Å². The normalized spacial score (nSPS) is 16.2. The van der Waals surface area contributed by atoms with Gasteiger partial charge >= 0.3 is 0 Å². The van der Waals surface area contributed by atoms with Gasteiger partial charge in [0.15, 0.2) is 0 Å². The summed E-state index contributed by atoms with van der Waals surface area (Å²) in [6.07, 6.45) is 0. The molecule has 0 unspecified atom stereocenters. The lowest BCUT2D eigenvalue weighted by Gasteiger charge is -2.26. The van der Waals surface area contributed by atoms with Gasteiger partial charge in [0.2, 0.25) is 0 Å². The minimum absolute atomic E-state index is 0.0976. The minimum Gasteiger partial charge on any atom is -0.331 e. The first kappa shape index (κ1) is 11.0. The Labute approximate surface area is 92.1 Å². The van der Waals surface area contributed by atoms with Crippen molar-refractivity contribution < 1.29 is 13.6 Å². The van der Waals surface area contributed by atoms with Crippen molar-refractivity contribution in [1.29, 1.82) is 0 Å². The van der Waals surface area contributed by atoms with Gasteiger partial charge in [-0.15, -0.1) is 0 Å². The van der Waals surface area contributed by atoms with Crippen LogP contribution in [-0.2, 0) is 0 Å². The van der Waals surface area contributed by atoms with Gasteiger partial charge in [0.05, 0.1) is 12.1 Å². The highest BCUT2D eigenvalue weighted by Gasteiger charge is 2.21. The molecule has 1 heterocycles. The third-order valence-corrected chi connectivity index (χ3v) is 2.41. The molecule has 1 saturated heterocycles. The molecule has 2 rings (SSSR count). The van der Waals surface area contributed by atoms with Crippen LogP contribution in [0.5, 0.6) is 0 Å². The van der Waals surface area contributed by atoms with E-state index >= 15 is 0 Å². The van der Waals surface area contributed by atoms with Crippen LogP contribution >= 0.6 is 0 Å². The van der Waals surface area contributed by atoms with Gasteiger partial charge in [-0.2, -0.15) is 0 Å². The van der Waals surface area contributed by atoms with E-state index < -0.39 is 17.5 Å². The van der Waals surface area contributed by atoms with Crippen molar-refractivity contribution >= 4 is 5.91 Å². The fourth-order valence-corrected chi connectivity index (χ4v) is 1.57. The largest absolute Gasteiger partial charge is 0.331 e. The number of carbonyl (C=O) groups is 1. The van der Waals surface area contributed by atoms with Crippen molar-refractivity contribution in [2.45, 2.75) is 0 Å². The number of amides is 1. The molecular weight excluding hydrogens is 214 g/mol. The first-order valence-corrected chi connectivity index (χ1v) is 4.98. The van der Waals surface area contributed by atoms with Gasteiger partial charge in [-0.3, -0.25) is 4.79 Å². The zero-order valence-electron chi connectivity index (χ0n) is 8.54. The summed E-state index contributed by atoms with van der Waals surface area (Å²) < 4.78 is 26.0. The highest BCUT2D eigenvalue weighted by atomic mass is 19.1. The Morgan fingerprint density at radius 1 is 1.38 bits per heavy atom. The Kier molecular flexibility index (Phi) is 3.14. The van der Waals surface area contributed by atoms with Crippen LogP contribution in [0.2, 0.25) is 0 Å². The molecule has 0 aromatic heterocycles. The van der Waals surface area contributed by atoms with E-state index in [-0.39, 0.29) is 5.56 Å². The molecule has 16 heavy (non-hydrogen) atoms. The fourth-order valence-electron chi connectivity index (χ4n) is 1.57. The topological polar surface area (TPSA) is 32.3 Å². The molecule has 1 fully saturated rings. The molecule has 1 amide bonds. The Balaban J connectivity index is 2.19. The summed E-state index contributed by atoms with van der Waals surface area (Å²) in [5.41, 5.74) is -0.0976. The summed E-state index contributed by atoms with van der Waals surface area (Å²) in [7, 11) is 0. The summed E-state index contributed by atoms with van der Waals surface area (Å²) in [5, 5.41) is 3.04. The molecule has 0 spiro atoms. The first-order valence-electron chi connectivity index (χ1n) is 4.98. The number of nitrogens with zero attached hydrogens (tertiary/aromatic N) is 1. The van der Waals surface area contributed by atoms with Crippen molar-refractivity contribution in [3.63, 3.8) is 0 Å². The molecule has 3 nitrogen and oxygen atoms in total. The molecule has 0 bridgehead atoms. The Hall–Kier alpha value is -1.49.